The fourth-order valence-corrected chi connectivity index (χ4v) is 1.65. The number of nitrogens with one attached hydrogen (secondary N) is 1. The van der Waals surface area contributed by atoms with E-state index in [2.05, 4.69) is 5.32 Å². The number of phenols is 1. The minimum atomic E-state index is -0.408. The molecule has 2 aromatic rings. The Balaban J connectivity index is 2.22. The number of halogens is 1. The molecule has 92 valence electrons. The zero-order valence-electron chi connectivity index (χ0n) is 9.35. The highest BCUT2D eigenvalue weighted by atomic mass is 35.5. The second kappa shape index (κ2) is 4.98. The summed E-state index contributed by atoms with van der Waals surface area (Å²) in [6.07, 6.45) is 0. The molecular weight excluding hydrogens is 252 g/mol. The minimum absolute atomic E-state index is 0.0726. The summed E-state index contributed by atoms with van der Waals surface area (Å²) in [5, 5.41) is 12.5. The van der Waals surface area contributed by atoms with Gasteiger partial charge in [-0.1, -0.05) is 23.7 Å². The smallest absolute Gasteiger partial charge is 0.259 e. The van der Waals surface area contributed by atoms with E-state index in [0.717, 1.165) is 0 Å². The molecule has 0 unspecified atom stereocenters. The maximum absolute atomic E-state index is 11.9. The van der Waals surface area contributed by atoms with Gasteiger partial charge in [0.2, 0.25) is 0 Å². The monoisotopic (exact) mass is 262 g/mol. The fraction of sp³-hybridized carbons (Fsp3) is 0. The molecule has 0 saturated carbocycles. The third-order valence-corrected chi connectivity index (χ3v) is 2.73. The van der Waals surface area contributed by atoms with Crippen LogP contribution in [0, 0.1) is 0 Å². The van der Waals surface area contributed by atoms with Crippen molar-refractivity contribution in [2.75, 3.05) is 11.1 Å². The molecule has 2 rings (SSSR count). The van der Waals surface area contributed by atoms with E-state index in [-0.39, 0.29) is 11.3 Å². The Bertz CT molecular complexity index is 599. The first-order chi connectivity index (χ1) is 8.58. The largest absolute Gasteiger partial charge is 0.507 e. The van der Waals surface area contributed by atoms with Crippen LogP contribution in [0.4, 0.5) is 11.4 Å². The lowest BCUT2D eigenvalue weighted by atomic mass is 10.2. The average molecular weight is 263 g/mol. The molecule has 0 radical (unpaired) electrons. The standard InChI is InChI=1S/C13H11ClN2O2/c14-10-7-8(5-6-11(10)15)16-13(18)9-3-1-2-4-12(9)17/h1-7,17H,15H2,(H,16,18). The summed E-state index contributed by atoms with van der Waals surface area (Å²) < 4.78 is 0. The predicted octanol–water partition coefficient (Wildman–Crippen LogP) is 2.88. The summed E-state index contributed by atoms with van der Waals surface area (Å²) in [6, 6.07) is 11.1. The van der Waals surface area contributed by atoms with Gasteiger partial charge in [0.15, 0.2) is 0 Å². The second-order valence-corrected chi connectivity index (χ2v) is 4.11. The van der Waals surface area contributed by atoms with Crippen molar-refractivity contribution in [2.45, 2.75) is 0 Å². The molecular formula is C13H11ClN2O2. The van der Waals surface area contributed by atoms with E-state index in [4.69, 9.17) is 17.3 Å². The maximum atomic E-state index is 11.9. The van der Waals surface area contributed by atoms with Gasteiger partial charge < -0.3 is 16.2 Å². The summed E-state index contributed by atoms with van der Waals surface area (Å²) in [5.41, 5.74) is 6.73. The Morgan fingerprint density at radius 2 is 1.94 bits per heavy atom. The molecule has 1 amide bonds. The number of carbonyl (C=O) groups excluding carboxylic acids is 1. The van der Waals surface area contributed by atoms with Crippen molar-refractivity contribution in [3.63, 3.8) is 0 Å². The lowest BCUT2D eigenvalue weighted by molar-refractivity contribution is 0.102. The van der Waals surface area contributed by atoms with Gasteiger partial charge in [-0.05, 0) is 30.3 Å². The van der Waals surface area contributed by atoms with E-state index in [1.165, 1.54) is 12.1 Å². The number of aromatic hydroxyl groups is 1. The van der Waals surface area contributed by atoms with E-state index in [1.54, 1.807) is 30.3 Å². The van der Waals surface area contributed by atoms with Gasteiger partial charge in [0.05, 0.1) is 16.3 Å². The van der Waals surface area contributed by atoms with Crippen LogP contribution in [0.5, 0.6) is 5.75 Å². The molecule has 0 aliphatic carbocycles. The third-order valence-electron chi connectivity index (χ3n) is 2.41. The molecule has 0 bridgehead atoms. The Kier molecular flexibility index (Phi) is 3.39. The summed E-state index contributed by atoms with van der Waals surface area (Å²) in [7, 11) is 0. The van der Waals surface area contributed by atoms with Crippen LogP contribution in [0.25, 0.3) is 0 Å². The number of para-hydroxylation sites is 1. The second-order valence-electron chi connectivity index (χ2n) is 3.71. The number of nitrogens with two attached hydrogens (primary N) is 1. The molecule has 0 aliphatic heterocycles. The van der Waals surface area contributed by atoms with E-state index < -0.39 is 5.91 Å². The number of rotatable bonds is 2. The number of amides is 1. The molecule has 4 nitrogen and oxygen atoms in total. The van der Waals surface area contributed by atoms with Crippen LogP contribution >= 0.6 is 11.6 Å². The lowest BCUT2D eigenvalue weighted by Crippen LogP contribution is -2.12. The van der Waals surface area contributed by atoms with Gasteiger partial charge in [-0.25, -0.2) is 0 Å². The summed E-state index contributed by atoms with van der Waals surface area (Å²) >= 11 is 5.85. The number of hydrogen-bond acceptors (Lipinski definition) is 3. The Hall–Kier alpha value is -2.20. The molecule has 4 N–H and O–H groups in total. The Morgan fingerprint density at radius 3 is 2.61 bits per heavy atom. The molecule has 0 fully saturated rings. The highest BCUT2D eigenvalue weighted by Crippen LogP contribution is 2.24. The molecule has 2 aromatic carbocycles. The van der Waals surface area contributed by atoms with E-state index in [9.17, 15) is 9.90 Å². The van der Waals surface area contributed by atoms with Crippen molar-refractivity contribution in [3.8, 4) is 5.75 Å². The molecule has 5 heteroatoms. The zero-order valence-corrected chi connectivity index (χ0v) is 10.1. The van der Waals surface area contributed by atoms with Crippen LogP contribution in [0.15, 0.2) is 42.5 Å². The van der Waals surface area contributed by atoms with Crippen LogP contribution in [0.2, 0.25) is 5.02 Å². The fourth-order valence-electron chi connectivity index (χ4n) is 1.47. The van der Waals surface area contributed by atoms with E-state index in [0.29, 0.717) is 16.4 Å². The molecule has 18 heavy (non-hydrogen) atoms. The van der Waals surface area contributed by atoms with Crippen LogP contribution in [0.3, 0.4) is 0 Å². The zero-order chi connectivity index (χ0) is 13.1. The van der Waals surface area contributed by atoms with Gasteiger partial charge in [0, 0.05) is 5.69 Å². The third kappa shape index (κ3) is 2.55. The van der Waals surface area contributed by atoms with Gasteiger partial charge in [0.25, 0.3) is 5.91 Å². The average Bonchev–Trinajstić information content (AvgIpc) is 2.34. The first kappa shape index (κ1) is 12.3. The normalized spacial score (nSPS) is 10.1. The van der Waals surface area contributed by atoms with Gasteiger partial charge in [0.1, 0.15) is 5.75 Å². The number of phenolic OH excluding ortho intramolecular Hbond substituents is 1. The molecule has 0 heterocycles. The van der Waals surface area contributed by atoms with Crippen molar-refractivity contribution < 1.29 is 9.90 Å². The first-order valence-corrected chi connectivity index (χ1v) is 5.60. The van der Waals surface area contributed by atoms with Gasteiger partial charge in [-0.2, -0.15) is 0 Å². The molecule has 0 aliphatic rings. The predicted molar refractivity (Wildman–Crippen MR) is 71.9 cm³/mol. The van der Waals surface area contributed by atoms with Crippen molar-refractivity contribution >= 4 is 28.9 Å². The van der Waals surface area contributed by atoms with Crippen molar-refractivity contribution in [3.05, 3.63) is 53.1 Å². The highest BCUT2D eigenvalue weighted by Gasteiger charge is 2.10. The quantitative estimate of drug-likeness (QED) is 0.729. The van der Waals surface area contributed by atoms with Crippen LogP contribution < -0.4 is 11.1 Å². The number of anilines is 2. The van der Waals surface area contributed by atoms with Crippen LogP contribution in [-0.4, -0.2) is 11.0 Å². The van der Waals surface area contributed by atoms with Gasteiger partial charge >= 0.3 is 0 Å². The van der Waals surface area contributed by atoms with Crippen molar-refractivity contribution in [2.24, 2.45) is 0 Å². The lowest BCUT2D eigenvalue weighted by Gasteiger charge is -2.07. The number of hydrogen-bond donors (Lipinski definition) is 3. The molecule has 0 spiro atoms. The highest BCUT2D eigenvalue weighted by molar-refractivity contribution is 6.33. The number of benzene rings is 2. The number of carbonyl (C=O) groups is 1. The summed E-state index contributed by atoms with van der Waals surface area (Å²) in [5.74, 6) is -0.481. The van der Waals surface area contributed by atoms with Gasteiger partial charge in [-0.15, -0.1) is 0 Å². The van der Waals surface area contributed by atoms with Gasteiger partial charge in [-0.3, -0.25) is 4.79 Å². The van der Waals surface area contributed by atoms with Crippen molar-refractivity contribution in [1.29, 1.82) is 0 Å². The summed E-state index contributed by atoms with van der Waals surface area (Å²) in [6.45, 7) is 0. The molecule has 0 atom stereocenters. The van der Waals surface area contributed by atoms with E-state index >= 15 is 0 Å². The number of nitrogen functional groups attached to an aromatic ring is 1. The van der Waals surface area contributed by atoms with E-state index in [1.807, 2.05) is 0 Å². The molecule has 0 saturated heterocycles. The van der Waals surface area contributed by atoms with Crippen LogP contribution in [0.1, 0.15) is 10.4 Å². The van der Waals surface area contributed by atoms with Crippen LogP contribution in [-0.2, 0) is 0 Å². The topological polar surface area (TPSA) is 75.3 Å². The first-order valence-electron chi connectivity index (χ1n) is 5.22. The van der Waals surface area contributed by atoms with Crippen molar-refractivity contribution in [1.82, 2.24) is 0 Å². The minimum Gasteiger partial charge on any atom is -0.507 e. The molecule has 0 aromatic heterocycles. The SMILES string of the molecule is Nc1ccc(NC(=O)c2ccccc2O)cc1Cl. The Morgan fingerprint density at radius 1 is 1.22 bits per heavy atom. The maximum Gasteiger partial charge on any atom is 0.259 e. The Labute approximate surface area is 109 Å². The summed E-state index contributed by atoms with van der Waals surface area (Å²) in [4.78, 5) is 11.9.